The van der Waals surface area contributed by atoms with Crippen molar-refractivity contribution >= 4 is 23.6 Å². The smallest absolute Gasteiger partial charge is 0.372 e. The number of carbonyl (C=O) groups excluding carboxylic acids is 2. The van der Waals surface area contributed by atoms with Crippen molar-refractivity contribution in [2.45, 2.75) is 13.0 Å². The van der Waals surface area contributed by atoms with Crippen molar-refractivity contribution in [2.75, 3.05) is 7.11 Å². The molecule has 0 radical (unpaired) electrons. The largest absolute Gasteiger partial charge is 0.497 e. The lowest BCUT2D eigenvalue weighted by molar-refractivity contribution is -0.149. The van der Waals surface area contributed by atoms with Crippen LogP contribution in [-0.2, 0) is 20.9 Å². The van der Waals surface area contributed by atoms with Crippen LogP contribution in [-0.4, -0.2) is 34.3 Å². The molecule has 6 heteroatoms. The molecule has 0 bridgehead atoms. The number of nitrogens with zero attached hydrogens (tertiary/aromatic N) is 1. The van der Waals surface area contributed by atoms with Crippen LogP contribution in [0.15, 0.2) is 48.7 Å². The number of ether oxygens (including phenoxy) is 1. The van der Waals surface area contributed by atoms with Crippen molar-refractivity contribution in [2.24, 2.45) is 0 Å². The fourth-order valence-electron chi connectivity index (χ4n) is 2.16. The number of carbonyl (C=O) groups is 3. The SMILES string of the molecule is COc1cccc(Cn2cccc2/C=C/C(=O)CC(=O)C(=O)O)c1. The fraction of sp³-hybridized carbons (Fsp3) is 0.167. The predicted molar refractivity (Wildman–Crippen MR) is 87.8 cm³/mol. The minimum atomic E-state index is -1.60. The van der Waals surface area contributed by atoms with Crippen molar-refractivity contribution in [1.82, 2.24) is 4.57 Å². The van der Waals surface area contributed by atoms with E-state index in [2.05, 4.69) is 0 Å². The van der Waals surface area contributed by atoms with Crippen molar-refractivity contribution in [3.8, 4) is 5.75 Å². The Kier molecular flexibility index (Phi) is 5.68. The second-order valence-electron chi connectivity index (χ2n) is 5.12. The zero-order chi connectivity index (χ0) is 17.5. The van der Waals surface area contributed by atoms with Crippen LogP contribution < -0.4 is 4.74 Å². The van der Waals surface area contributed by atoms with E-state index < -0.39 is 24.0 Å². The van der Waals surface area contributed by atoms with Crippen molar-refractivity contribution < 1.29 is 24.2 Å². The number of hydrogen-bond donors (Lipinski definition) is 1. The minimum Gasteiger partial charge on any atom is -0.497 e. The maximum Gasteiger partial charge on any atom is 0.372 e. The summed E-state index contributed by atoms with van der Waals surface area (Å²) < 4.78 is 7.12. The molecule has 0 fully saturated rings. The molecule has 0 atom stereocenters. The monoisotopic (exact) mass is 327 g/mol. The van der Waals surface area contributed by atoms with Crippen LogP contribution >= 0.6 is 0 Å². The number of allylic oxidation sites excluding steroid dienone is 1. The predicted octanol–water partition coefficient (Wildman–Crippen LogP) is 2.17. The van der Waals surface area contributed by atoms with E-state index in [1.54, 1.807) is 13.2 Å². The Bertz CT molecular complexity index is 788. The summed E-state index contributed by atoms with van der Waals surface area (Å²) in [5.74, 6) is -2.50. The van der Waals surface area contributed by atoms with Gasteiger partial charge in [0.2, 0.25) is 5.78 Å². The molecule has 2 rings (SSSR count). The highest BCUT2D eigenvalue weighted by atomic mass is 16.5. The first-order valence-electron chi connectivity index (χ1n) is 7.24. The molecule has 24 heavy (non-hydrogen) atoms. The first kappa shape index (κ1) is 17.2. The summed E-state index contributed by atoms with van der Waals surface area (Å²) in [7, 11) is 1.60. The van der Waals surface area contributed by atoms with Crippen LogP contribution in [0.3, 0.4) is 0 Å². The van der Waals surface area contributed by atoms with Gasteiger partial charge in [-0.25, -0.2) is 4.79 Å². The lowest BCUT2D eigenvalue weighted by Crippen LogP contribution is -2.15. The number of aliphatic carboxylic acids is 1. The number of aromatic nitrogens is 1. The van der Waals surface area contributed by atoms with Gasteiger partial charge in [0.15, 0.2) is 5.78 Å². The van der Waals surface area contributed by atoms with E-state index in [0.29, 0.717) is 6.54 Å². The standard InChI is InChI=1S/C18H17NO5/c1-24-16-6-2-4-13(10-16)12-19-9-3-5-14(19)7-8-15(20)11-17(21)18(22)23/h2-10H,11-12H2,1H3,(H,22,23)/b8-7+. The van der Waals surface area contributed by atoms with Gasteiger partial charge in [-0.15, -0.1) is 0 Å². The summed E-state index contributed by atoms with van der Waals surface area (Å²) in [4.78, 5) is 33.1. The van der Waals surface area contributed by atoms with Gasteiger partial charge in [0.05, 0.1) is 13.5 Å². The van der Waals surface area contributed by atoms with Crippen LogP contribution in [0.2, 0.25) is 0 Å². The van der Waals surface area contributed by atoms with Gasteiger partial charge in [0.25, 0.3) is 0 Å². The van der Waals surface area contributed by atoms with Gasteiger partial charge in [-0.1, -0.05) is 12.1 Å². The van der Waals surface area contributed by atoms with Crippen molar-refractivity contribution in [3.63, 3.8) is 0 Å². The Morgan fingerprint density at radius 3 is 2.71 bits per heavy atom. The van der Waals surface area contributed by atoms with E-state index in [4.69, 9.17) is 9.84 Å². The van der Waals surface area contributed by atoms with Crippen LogP contribution in [0, 0.1) is 0 Å². The normalized spacial score (nSPS) is 10.7. The summed E-state index contributed by atoms with van der Waals surface area (Å²) in [6.07, 6.45) is 4.02. The Morgan fingerprint density at radius 2 is 2.00 bits per heavy atom. The Hall–Kier alpha value is -3.15. The van der Waals surface area contributed by atoms with Gasteiger partial charge < -0.3 is 14.4 Å². The van der Waals surface area contributed by atoms with Crippen molar-refractivity contribution in [3.05, 3.63) is 59.9 Å². The molecule has 6 nitrogen and oxygen atoms in total. The van der Waals surface area contributed by atoms with E-state index >= 15 is 0 Å². The molecule has 0 saturated heterocycles. The van der Waals surface area contributed by atoms with Gasteiger partial charge in [-0.3, -0.25) is 9.59 Å². The maximum absolute atomic E-state index is 11.6. The molecule has 0 aliphatic rings. The summed E-state index contributed by atoms with van der Waals surface area (Å²) in [5, 5.41) is 8.49. The van der Waals surface area contributed by atoms with Gasteiger partial charge in [0.1, 0.15) is 5.75 Å². The molecule has 2 aromatic rings. The molecular formula is C18H17NO5. The third-order valence-corrected chi connectivity index (χ3v) is 3.37. The number of carboxylic acid groups (broad SMARTS) is 1. The molecule has 0 aliphatic carbocycles. The molecule has 0 spiro atoms. The summed E-state index contributed by atoms with van der Waals surface area (Å²) in [5.41, 5.74) is 1.81. The number of methoxy groups -OCH3 is 1. The second kappa shape index (κ2) is 7.92. The topological polar surface area (TPSA) is 85.6 Å². The first-order chi connectivity index (χ1) is 11.5. The van der Waals surface area contributed by atoms with E-state index in [9.17, 15) is 14.4 Å². The maximum atomic E-state index is 11.6. The molecule has 1 N–H and O–H groups in total. The number of benzene rings is 1. The summed E-state index contributed by atoms with van der Waals surface area (Å²) >= 11 is 0. The lowest BCUT2D eigenvalue weighted by atomic mass is 10.2. The molecule has 1 heterocycles. The minimum absolute atomic E-state index is 0.545. The average molecular weight is 327 g/mol. The van der Waals surface area contributed by atoms with Gasteiger partial charge >= 0.3 is 5.97 Å². The van der Waals surface area contributed by atoms with Crippen molar-refractivity contribution in [1.29, 1.82) is 0 Å². The highest BCUT2D eigenvalue weighted by Crippen LogP contribution is 2.15. The molecule has 0 saturated carbocycles. The Balaban J connectivity index is 2.07. The van der Waals surface area contributed by atoms with E-state index in [1.165, 1.54) is 6.08 Å². The molecule has 0 aliphatic heterocycles. The fourth-order valence-corrected chi connectivity index (χ4v) is 2.16. The Morgan fingerprint density at radius 1 is 1.21 bits per heavy atom. The molecular weight excluding hydrogens is 310 g/mol. The summed E-state index contributed by atoms with van der Waals surface area (Å²) in [6.45, 7) is 0.589. The molecule has 0 unspecified atom stereocenters. The zero-order valence-corrected chi connectivity index (χ0v) is 13.1. The lowest BCUT2D eigenvalue weighted by Gasteiger charge is -2.08. The molecule has 1 aromatic heterocycles. The molecule has 1 aromatic carbocycles. The third-order valence-electron chi connectivity index (χ3n) is 3.37. The summed E-state index contributed by atoms with van der Waals surface area (Å²) in [6, 6.07) is 11.3. The van der Waals surface area contributed by atoms with E-state index in [-0.39, 0.29) is 0 Å². The second-order valence-corrected chi connectivity index (χ2v) is 5.12. The van der Waals surface area contributed by atoms with Gasteiger partial charge in [-0.2, -0.15) is 0 Å². The van der Waals surface area contributed by atoms with E-state index in [1.807, 2.05) is 47.2 Å². The molecule has 0 amide bonds. The number of hydrogen-bond acceptors (Lipinski definition) is 4. The van der Waals surface area contributed by atoms with Crippen LogP contribution in [0.4, 0.5) is 0 Å². The average Bonchev–Trinajstić information content (AvgIpc) is 3.00. The third kappa shape index (κ3) is 4.67. The quantitative estimate of drug-likeness (QED) is 0.456. The number of rotatable bonds is 8. The zero-order valence-electron chi connectivity index (χ0n) is 13.1. The van der Waals surface area contributed by atoms with Gasteiger partial charge in [-0.05, 0) is 42.0 Å². The number of Topliss-reactive ketones (excluding diaryl/α,β-unsaturated/α-hetero) is 1. The Labute approximate surface area is 139 Å². The highest BCUT2D eigenvalue weighted by Gasteiger charge is 2.14. The number of ketones is 2. The first-order valence-corrected chi connectivity index (χ1v) is 7.24. The van der Waals surface area contributed by atoms with Crippen LogP contribution in [0.5, 0.6) is 5.75 Å². The molecule has 124 valence electrons. The van der Waals surface area contributed by atoms with Crippen LogP contribution in [0.1, 0.15) is 17.7 Å². The van der Waals surface area contributed by atoms with Crippen LogP contribution in [0.25, 0.3) is 6.08 Å². The van der Waals surface area contributed by atoms with E-state index in [0.717, 1.165) is 17.0 Å². The van der Waals surface area contributed by atoms with Gasteiger partial charge in [0, 0.05) is 18.4 Å². The highest BCUT2D eigenvalue weighted by molar-refractivity contribution is 6.37. The number of carboxylic acids is 1.